The Morgan fingerprint density at radius 2 is 0.909 bits per heavy atom. The molecule has 0 saturated carbocycles. The van der Waals surface area contributed by atoms with E-state index in [1.807, 2.05) is 0 Å². The fraction of sp³-hybridized carbons (Fsp3) is 0.0909. The molecule has 0 atom stereocenters. The molecule has 7 aromatic carbocycles. The highest BCUT2D eigenvalue weighted by molar-refractivity contribution is 6.21. The first kappa shape index (κ1) is 27.6. The Labute approximate surface area is 259 Å². The maximum atomic E-state index is 2.31. The van der Waals surface area contributed by atoms with Crippen LogP contribution in [0.2, 0.25) is 0 Å². The highest BCUT2D eigenvalue weighted by Gasteiger charge is 2.18. The largest absolute Gasteiger partial charge is 0.0798 e. The first-order chi connectivity index (χ1) is 21.6. The predicted octanol–water partition coefficient (Wildman–Crippen LogP) is 8.87. The van der Waals surface area contributed by atoms with E-state index >= 15 is 0 Å². The molecular formula is C44H36. The molecule has 0 aliphatic heterocycles. The quantitative estimate of drug-likeness (QED) is 0.188. The van der Waals surface area contributed by atoms with Gasteiger partial charge >= 0.3 is 0 Å². The van der Waals surface area contributed by atoms with E-state index in [0.29, 0.717) is 0 Å². The molecule has 0 saturated heterocycles. The summed E-state index contributed by atoms with van der Waals surface area (Å²) in [6, 6.07) is 50.9. The van der Waals surface area contributed by atoms with Gasteiger partial charge in [-0.05, 0) is 114 Å². The van der Waals surface area contributed by atoms with Crippen molar-refractivity contribution in [2.45, 2.75) is 27.7 Å². The molecule has 0 bridgehead atoms. The summed E-state index contributed by atoms with van der Waals surface area (Å²) < 4.78 is 0. The molecule has 0 amide bonds. The van der Waals surface area contributed by atoms with Crippen LogP contribution in [-0.4, -0.2) is 0 Å². The van der Waals surface area contributed by atoms with E-state index in [1.54, 1.807) is 0 Å². The fourth-order valence-corrected chi connectivity index (χ4v) is 7.03. The van der Waals surface area contributed by atoms with E-state index in [9.17, 15) is 0 Å². The molecule has 0 aliphatic rings. The van der Waals surface area contributed by atoms with Crippen molar-refractivity contribution in [2.24, 2.45) is 0 Å². The molecule has 0 N–H and O–H groups in total. The number of hydrogen-bond donors (Lipinski definition) is 0. The number of rotatable bonds is 3. The minimum absolute atomic E-state index is 1.26. The molecule has 212 valence electrons. The number of benzene rings is 7. The van der Waals surface area contributed by atoms with Crippen molar-refractivity contribution in [1.29, 1.82) is 0 Å². The smallest absolute Gasteiger partial charge is 0.00201 e. The van der Waals surface area contributed by atoms with E-state index in [0.717, 1.165) is 0 Å². The van der Waals surface area contributed by atoms with Gasteiger partial charge in [0.15, 0.2) is 0 Å². The lowest BCUT2D eigenvalue weighted by Gasteiger charge is -2.19. The van der Waals surface area contributed by atoms with Crippen LogP contribution in [0.15, 0.2) is 140 Å². The topological polar surface area (TPSA) is 0 Å². The second-order valence-corrected chi connectivity index (χ2v) is 11.7. The number of fused-ring (bicyclic) bond motifs is 3. The maximum Gasteiger partial charge on any atom is -0.00201 e. The highest BCUT2D eigenvalue weighted by Crippen LogP contribution is 2.43. The van der Waals surface area contributed by atoms with Crippen molar-refractivity contribution in [2.75, 3.05) is 0 Å². The molecule has 0 spiro atoms. The zero-order valence-electron chi connectivity index (χ0n) is 25.9. The normalized spacial score (nSPS) is 14.2. The summed E-state index contributed by atoms with van der Waals surface area (Å²) in [6.45, 7) is 8.95. The lowest BCUT2D eigenvalue weighted by molar-refractivity contribution is 1.41. The molecule has 0 aromatic heterocycles. The second kappa shape index (κ2) is 11.5. The Kier molecular flexibility index (Phi) is 7.20. The second-order valence-electron chi connectivity index (χ2n) is 11.7. The van der Waals surface area contributed by atoms with Crippen LogP contribution >= 0.6 is 0 Å². The molecule has 7 aromatic rings. The molecular weight excluding hydrogens is 528 g/mol. The zero-order chi connectivity index (χ0) is 30.2. The first-order valence-corrected chi connectivity index (χ1v) is 15.5. The van der Waals surface area contributed by atoms with E-state index in [-0.39, 0.29) is 0 Å². The van der Waals surface area contributed by atoms with E-state index in [1.165, 1.54) is 86.6 Å². The standard InChI is InChI=1S/C44H36/c1-5-32-17-6-8-20-34(32)29(2)30(3)35-21-10-11-22-36(35)31(4)43-39-24-12-14-26-41(39)44(42-27-15-13-25-40(42)43)38-28-16-19-33-18-7-9-23-37(33)38/h5-28H,1-4H3. The third-order valence-electron chi connectivity index (χ3n) is 9.34. The van der Waals surface area contributed by atoms with E-state index in [4.69, 9.17) is 0 Å². The predicted molar refractivity (Wildman–Crippen MR) is 192 cm³/mol. The summed E-state index contributed by atoms with van der Waals surface area (Å²) in [5, 5.41) is 12.8. The molecule has 0 fully saturated rings. The van der Waals surface area contributed by atoms with Crippen LogP contribution in [0.4, 0.5) is 0 Å². The van der Waals surface area contributed by atoms with Gasteiger partial charge < -0.3 is 0 Å². The molecule has 0 unspecified atom stereocenters. The van der Waals surface area contributed by atoms with Gasteiger partial charge in [-0.2, -0.15) is 0 Å². The lowest BCUT2D eigenvalue weighted by atomic mass is 9.84. The van der Waals surface area contributed by atoms with Crippen molar-refractivity contribution in [3.63, 3.8) is 0 Å². The van der Waals surface area contributed by atoms with Crippen molar-refractivity contribution >= 4 is 55.1 Å². The van der Waals surface area contributed by atoms with Gasteiger partial charge in [0, 0.05) is 0 Å². The molecule has 44 heavy (non-hydrogen) atoms. The summed E-state index contributed by atoms with van der Waals surface area (Å²) in [4.78, 5) is 0. The third kappa shape index (κ3) is 4.55. The fourth-order valence-electron chi connectivity index (χ4n) is 7.03. The zero-order valence-corrected chi connectivity index (χ0v) is 25.9. The van der Waals surface area contributed by atoms with Crippen molar-refractivity contribution < 1.29 is 0 Å². The minimum atomic E-state index is 1.26. The molecule has 7 rings (SSSR count). The summed E-state index contributed by atoms with van der Waals surface area (Å²) in [6.07, 6.45) is 2.20. The molecule has 0 radical (unpaired) electrons. The first-order valence-electron chi connectivity index (χ1n) is 15.5. The van der Waals surface area contributed by atoms with Crippen LogP contribution in [-0.2, 0) is 0 Å². The van der Waals surface area contributed by atoms with Gasteiger partial charge in [0.2, 0.25) is 0 Å². The van der Waals surface area contributed by atoms with Gasteiger partial charge in [0.1, 0.15) is 0 Å². The van der Waals surface area contributed by atoms with Crippen molar-refractivity contribution in [1.82, 2.24) is 0 Å². The summed E-state index contributed by atoms with van der Waals surface area (Å²) >= 11 is 0. The summed E-state index contributed by atoms with van der Waals surface area (Å²) in [7, 11) is 0. The van der Waals surface area contributed by atoms with Crippen LogP contribution in [0, 0.1) is 0 Å². The minimum Gasteiger partial charge on any atom is -0.0798 e. The summed E-state index contributed by atoms with van der Waals surface area (Å²) in [5.74, 6) is 0. The van der Waals surface area contributed by atoms with E-state index < -0.39 is 0 Å². The van der Waals surface area contributed by atoms with Gasteiger partial charge in [0.05, 0.1) is 0 Å². The van der Waals surface area contributed by atoms with Crippen molar-refractivity contribution in [3.8, 4) is 11.1 Å². The third-order valence-corrected chi connectivity index (χ3v) is 9.34. The van der Waals surface area contributed by atoms with Gasteiger partial charge in [0.25, 0.3) is 0 Å². The van der Waals surface area contributed by atoms with Crippen LogP contribution in [0.1, 0.15) is 33.3 Å². The Bertz CT molecular complexity index is 2410. The summed E-state index contributed by atoms with van der Waals surface area (Å²) in [5.41, 5.74) is 7.79. The van der Waals surface area contributed by atoms with Crippen LogP contribution in [0.25, 0.3) is 66.2 Å². The molecule has 0 heteroatoms. The Morgan fingerprint density at radius 3 is 1.57 bits per heavy atom. The maximum absolute atomic E-state index is 2.31. The van der Waals surface area contributed by atoms with Gasteiger partial charge in [-0.1, -0.05) is 146 Å². The van der Waals surface area contributed by atoms with Gasteiger partial charge in [-0.15, -0.1) is 0 Å². The average Bonchev–Trinajstić information content (AvgIpc) is 3.09. The Balaban J connectivity index is 1.64. The average molecular weight is 565 g/mol. The molecule has 0 aliphatic carbocycles. The Hall–Kier alpha value is -5.20. The Morgan fingerprint density at radius 1 is 0.432 bits per heavy atom. The van der Waals surface area contributed by atoms with Crippen LogP contribution < -0.4 is 20.9 Å². The SMILES string of the molecule is CC=c1ccccc1=C(C)C(C)=c1ccccc1=C(C)c1c2ccccc2c(-c2cccc3ccccc23)c2ccccc12. The van der Waals surface area contributed by atoms with Crippen LogP contribution in [0.3, 0.4) is 0 Å². The monoisotopic (exact) mass is 564 g/mol. The highest BCUT2D eigenvalue weighted by atomic mass is 14.2. The number of hydrogen-bond acceptors (Lipinski definition) is 0. The van der Waals surface area contributed by atoms with E-state index in [2.05, 4.69) is 173 Å². The van der Waals surface area contributed by atoms with Gasteiger partial charge in [-0.25, -0.2) is 0 Å². The molecule has 0 heterocycles. The lowest BCUT2D eigenvalue weighted by Crippen LogP contribution is -2.31. The van der Waals surface area contributed by atoms with Crippen LogP contribution in [0.5, 0.6) is 0 Å². The van der Waals surface area contributed by atoms with Crippen molar-refractivity contribution in [3.05, 3.63) is 166 Å². The van der Waals surface area contributed by atoms with Gasteiger partial charge in [-0.3, -0.25) is 0 Å². The molecule has 0 nitrogen and oxygen atoms in total.